The van der Waals surface area contributed by atoms with E-state index in [4.69, 9.17) is 0 Å². The van der Waals surface area contributed by atoms with Crippen LogP contribution in [0.5, 0.6) is 0 Å². The number of H-pyrrole nitrogens is 1. The molecule has 2 aromatic carbocycles. The van der Waals surface area contributed by atoms with Crippen LogP contribution in [-0.4, -0.2) is 19.5 Å². The number of nitrogens with one attached hydrogen (secondary N) is 1. The molecule has 160 valence electrons. The molecule has 2 aromatic heterocycles. The number of nitrogens with zero attached hydrogens (tertiary/aromatic N) is 3. The minimum Gasteiger partial charge on any atom is -0.337 e. The Morgan fingerprint density at radius 3 is 2.52 bits per heavy atom. The van der Waals surface area contributed by atoms with Crippen molar-refractivity contribution >= 4 is 0 Å². The molecule has 0 aliphatic heterocycles. The predicted octanol–water partition coefficient (Wildman–Crippen LogP) is 6.57. The van der Waals surface area contributed by atoms with E-state index in [-0.39, 0.29) is 5.82 Å². The number of unbranched alkanes of at least 4 members (excludes halogenated alkanes) is 1. The summed E-state index contributed by atoms with van der Waals surface area (Å²) in [5, 5.41) is 0. The molecule has 0 saturated carbocycles. The van der Waals surface area contributed by atoms with Gasteiger partial charge in [0.15, 0.2) is 0 Å². The van der Waals surface area contributed by atoms with E-state index in [0.717, 1.165) is 37.6 Å². The molecule has 0 fully saturated rings. The number of imidazole rings is 2. The summed E-state index contributed by atoms with van der Waals surface area (Å²) < 4.78 is 57.2. The van der Waals surface area contributed by atoms with Crippen molar-refractivity contribution in [3.8, 4) is 34.0 Å². The second-order valence-corrected chi connectivity index (χ2v) is 7.19. The SMILES string of the molecule is CCCCn1cnc(-c2[nH]c(-c3c(F)cccc3C(F)(F)F)nc2-c2ccccc2)c1. The average Bonchev–Trinajstić information content (AvgIpc) is 3.39. The average molecular weight is 428 g/mol. The van der Waals surface area contributed by atoms with Crippen molar-refractivity contribution in [2.45, 2.75) is 32.5 Å². The summed E-state index contributed by atoms with van der Waals surface area (Å²) in [6.45, 7) is 2.86. The van der Waals surface area contributed by atoms with Crippen LogP contribution in [0.4, 0.5) is 17.6 Å². The fraction of sp³-hybridized carbons (Fsp3) is 0.217. The van der Waals surface area contributed by atoms with E-state index in [2.05, 4.69) is 21.9 Å². The summed E-state index contributed by atoms with van der Waals surface area (Å²) in [4.78, 5) is 11.7. The Kier molecular flexibility index (Phi) is 5.63. The van der Waals surface area contributed by atoms with Gasteiger partial charge in [0.05, 0.1) is 28.8 Å². The highest BCUT2D eigenvalue weighted by molar-refractivity contribution is 5.80. The van der Waals surface area contributed by atoms with Crippen LogP contribution in [-0.2, 0) is 12.7 Å². The largest absolute Gasteiger partial charge is 0.417 e. The standard InChI is InChI=1S/C23H20F4N4/c1-2-3-12-31-13-18(28-14-31)21-20(15-8-5-4-6-9-15)29-22(30-21)19-16(23(25,26)27)10-7-11-17(19)24/h4-11,13-14H,2-3,12H2,1H3,(H,29,30). The highest BCUT2D eigenvalue weighted by Crippen LogP contribution is 2.40. The molecular formula is C23H20F4N4. The summed E-state index contributed by atoms with van der Waals surface area (Å²) in [5.74, 6) is -1.19. The van der Waals surface area contributed by atoms with Crippen LogP contribution in [0.15, 0.2) is 61.1 Å². The third-order valence-electron chi connectivity index (χ3n) is 4.97. The number of hydrogen-bond acceptors (Lipinski definition) is 2. The Labute approximate surface area is 176 Å². The number of rotatable bonds is 6. The first-order valence-electron chi connectivity index (χ1n) is 9.92. The fourth-order valence-corrected chi connectivity index (χ4v) is 3.44. The first-order valence-corrected chi connectivity index (χ1v) is 9.92. The maximum absolute atomic E-state index is 14.6. The summed E-state index contributed by atoms with van der Waals surface area (Å²) in [7, 11) is 0. The quantitative estimate of drug-likeness (QED) is 0.353. The lowest BCUT2D eigenvalue weighted by Crippen LogP contribution is -2.09. The number of hydrogen-bond donors (Lipinski definition) is 1. The Bertz CT molecular complexity index is 1180. The van der Waals surface area contributed by atoms with E-state index >= 15 is 0 Å². The van der Waals surface area contributed by atoms with Crippen LogP contribution in [0, 0.1) is 5.82 Å². The molecule has 31 heavy (non-hydrogen) atoms. The highest BCUT2D eigenvalue weighted by Gasteiger charge is 2.36. The van der Waals surface area contributed by atoms with Gasteiger partial charge in [0, 0.05) is 18.3 Å². The van der Waals surface area contributed by atoms with E-state index in [9.17, 15) is 17.6 Å². The molecule has 0 aliphatic rings. The third-order valence-corrected chi connectivity index (χ3v) is 4.97. The molecule has 4 rings (SSSR count). The Morgan fingerprint density at radius 2 is 1.81 bits per heavy atom. The van der Waals surface area contributed by atoms with E-state index in [0.29, 0.717) is 22.6 Å². The minimum atomic E-state index is -4.72. The fourth-order valence-electron chi connectivity index (χ4n) is 3.44. The second-order valence-electron chi connectivity index (χ2n) is 7.19. The number of aromatic nitrogens is 4. The first kappa shape index (κ1) is 20.8. The molecule has 0 unspecified atom stereocenters. The number of benzene rings is 2. The lowest BCUT2D eigenvalue weighted by Gasteiger charge is -2.11. The molecular weight excluding hydrogens is 408 g/mol. The maximum atomic E-state index is 14.6. The third kappa shape index (κ3) is 4.23. The van der Waals surface area contributed by atoms with Gasteiger partial charge in [-0.05, 0) is 18.6 Å². The molecule has 1 N–H and O–H groups in total. The number of alkyl halides is 3. The van der Waals surface area contributed by atoms with Crippen LogP contribution in [0.25, 0.3) is 34.0 Å². The van der Waals surface area contributed by atoms with Gasteiger partial charge in [-0.2, -0.15) is 13.2 Å². The molecule has 8 heteroatoms. The predicted molar refractivity (Wildman–Crippen MR) is 111 cm³/mol. The first-order chi connectivity index (χ1) is 14.9. The Morgan fingerprint density at radius 1 is 1.03 bits per heavy atom. The minimum absolute atomic E-state index is 0.192. The van der Waals surface area contributed by atoms with Gasteiger partial charge < -0.3 is 9.55 Å². The van der Waals surface area contributed by atoms with Crippen molar-refractivity contribution < 1.29 is 17.6 Å². The topological polar surface area (TPSA) is 46.5 Å². The van der Waals surface area contributed by atoms with Gasteiger partial charge in [-0.15, -0.1) is 0 Å². The zero-order valence-corrected chi connectivity index (χ0v) is 16.7. The van der Waals surface area contributed by atoms with Crippen LogP contribution in [0.1, 0.15) is 25.3 Å². The molecule has 2 heterocycles. The van der Waals surface area contributed by atoms with E-state index in [1.54, 1.807) is 30.6 Å². The molecule has 0 aliphatic carbocycles. The van der Waals surface area contributed by atoms with Crippen molar-refractivity contribution in [3.63, 3.8) is 0 Å². The second kappa shape index (κ2) is 8.37. The van der Waals surface area contributed by atoms with Gasteiger partial charge in [-0.25, -0.2) is 14.4 Å². The number of aryl methyl sites for hydroxylation is 1. The van der Waals surface area contributed by atoms with Crippen LogP contribution >= 0.6 is 0 Å². The molecule has 0 amide bonds. The van der Waals surface area contributed by atoms with Crippen LogP contribution in [0.3, 0.4) is 0 Å². The van der Waals surface area contributed by atoms with Gasteiger partial charge in [0.2, 0.25) is 0 Å². The molecule has 4 aromatic rings. The van der Waals surface area contributed by atoms with Gasteiger partial charge in [0.1, 0.15) is 17.3 Å². The van der Waals surface area contributed by atoms with E-state index in [1.807, 2.05) is 16.8 Å². The van der Waals surface area contributed by atoms with Crippen molar-refractivity contribution in [2.75, 3.05) is 0 Å². The van der Waals surface area contributed by atoms with Gasteiger partial charge in [0.25, 0.3) is 0 Å². The number of aromatic amines is 1. The summed E-state index contributed by atoms with van der Waals surface area (Å²) >= 11 is 0. The normalized spacial score (nSPS) is 11.8. The van der Waals surface area contributed by atoms with Crippen molar-refractivity contribution in [2.24, 2.45) is 0 Å². The van der Waals surface area contributed by atoms with E-state index < -0.39 is 23.1 Å². The molecule has 4 nitrogen and oxygen atoms in total. The zero-order chi connectivity index (χ0) is 22.0. The van der Waals surface area contributed by atoms with Crippen molar-refractivity contribution in [1.29, 1.82) is 0 Å². The lowest BCUT2D eigenvalue weighted by molar-refractivity contribution is -0.137. The summed E-state index contributed by atoms with van der Waals surface area (Å²) in [5.41, 5.74) is 0.372. The molecule has 0 atom stereocenters. The lowest BCUT2D eigenvalue weighted by atomic mass is 10.1. The van der Waals surface area contributed by atoms with Crippen molar-refractivity contribution in [1.82, 2.24) is 19.5 Å². The molecule has 0 saturated heterocycles. The van der Waals surface area contributed by atoms with Gasteiger partial charge in [-0.3, -0.25) is 0 Å². The van der Waals surface area contributed by atoms with Crippen LogP contribution < -0.4 is 0 Å². The zero-order valence-electron chi connectivity index (χ0n) is 16.7. The monoisotopic (exact) mass is 428 g/mol. The Balaban J connectivity index is 1.89. The van der Waals surface area contributed by atoms with Crippen molar-refractivity contribution in [3.05, 3.63) is 72.4 Å². The smallest absolute Gasteiger partial charge is 0.337 e. The Hall–Kier alpha value is -3.42. The maximum Gasteiger partial charge on any atom is 0.417 e. The van der Waals surface area contributed by atoms with Gasteiger partial charge in [-0.1, -0.05) is 49.7 Å². The molecule has 0 bridgehead atoms. The number of halogens is 4. The van der Waals surface area contributed by atoms with Gasteiger partial charge >= 0.3 is 6.18 Å². The summed E-state index contributed by atoms with van der Waals surface area (Å²) in [6, 6.07) is 11.9. The molecule has 0 spiro atoms. The van der Waals surface area contributed by atoms with E-state index in [1.165, 1.54) is 0 Å². The summed E-state index contributed by atoms with van der Waals surface area (Å²) in [6.07, 6.45) is 0.749. The molecule has 0 radical (unpaired) electrons. The van der Waals surface area contributed by atoms with Crippen LogP contribution in [0.2, 0.25) is 0 Å². The highest BCUT2D eigenvalue weighted by atomic mass is 19.4.